The van der Waals surface area contributed by atoms with E-state index in [9.17, 15) is 0 Å². The van der Waals surface area contributed by atoms with Crippen molar-refractivity contribution in [1.82, 2.24) is 9.97 Å². The predicted molar refractivity (Wildman–Crippen MR) is 66.7 cm³/mol. The van der Waals surface area contributed by atoms with Gasteiger partial charge in [0.2, 0.25) is 5.89 Å². The van der Waals surface area contributed by atoms with Gasteiger partial charge in [0, 0.05) is 23.0 Å². The van der Waals surface area contributed by atoms with Gasteiger partial charge in [0.1, 0.15) is 5.52 Å². The summed E-state index contributed by atoms with van der Waals surface area (Å²) in [6.07, 6.45) is 3.29. The third-order valence-corrected chi connectivity index (χ3v) is 2.67. The van der Waals surface area contributed by atoms with Crippen molar-refractivity contribution in [2.75, 3.05) is 5.73 Å². The molecule has 0 spiro atoms. The normalized spacial score (nSPS) is 10.9. The molecule has 0 amide bonds. The molecule has 84 valence electrons. The Labute approximate surface area is 102 Å². The van der Waals surface area contributed by atoms with Crippen LogP contribution in [0.5, 0.6) is 0 Å². The van der Waals surface area contributed by atoms with Gasteiger partial charge in [-0.25, -0.2) is 4.98 Å². The third kappa shape index (κ3) is 1.72. The van der Waals surface area contributed by atoms with Gasteiger partial charge < -0.3 is 10.2 Å². The van der Waals surface area contributed by atoms with Crippen LogP contribution in [-0.2, 0) is 0 Å². The summed E-state index contributed by atoms with van der Waals surface area (Å²) in [6, 6.07) is 6.94. The number of nitrogens with zero attached hydrogens (tertiary/aromatic N) is 2. The van der Waals surface area contributed by atoms with Crippen LogP contribution in [0.2, 0.25) is 5.02 Å². The number of nitrogens with two attached hydrogens (primary N) is 1. The Morgan fingerprint density at radius 3 is 2.94 bits per heavy atom. The Bertz CT molecular complexity index is 660. The summed E-state index contributed by atoms with van der Waals surface area (Å²) in [5, 5.41) is 0.592. The molecule has 0 aliphatic heterocycles. The topological polar surface area (TPSA) is 64.9 Å². The molecule has 0 fully saturated rings. The van der Waals surface area contributed by atoms with Crippen LogP contribution in [0.15, 0.2) is 41.1 Å². The number of halogens is 1. The molecule has 1 aromatic carbocycles. The summed E-state index contributed by atoms with van der Waals surface area (Å²) in [5.41, 5.74) is 8.51. The van der Waals surface area contributed by atoms with E-state index in [1.807, 2.05) is 0 Å². The van der Waals surface area contributed by atoms with Crippen molar-refractivity contribution in [1.29, 1.82) is 0 Å². The van der Waals surface area contributed by atoms with Gasteiger partial charge in [-0.2, -0.15) is 0 Å². The Morgan fingerprint density at radius 2 is 2.12 bits per heavy atom. The minimum Gasteiger partial charge on any atom is -0.436 e. The number of pyridine rings is 1. The maximum atomic E-state index is 5.93. The molecular weight excluding hydrogens is 238 g/mol. The van der Waals surface area contributed by atoms with Gasteiger partial charge in [0.15, 0.2) is 5.58 Å². The maximum absolute atomic E-state index is 5.93. The molecule has 2 aromatic heterocycles. The molecule has 5 heteroatoms. The SMILES string of the molecule is Nc1ccc(Cl)cc1-c1nc2cnccc2o1. The van der Waals surface area contributed by atoms with Crippen LogP contribution in [0.25, 0.3) is 22.6 Å². The van der Waals surface area contributed by atoms with E-state index in [1.165, 1.54) is 0 Å². The van der Waals surface area contributed by atoms with Crippen molar-refractivity contribution in [3.63, 3.8) is 0 Å². The lowest BCUT2D eigenvalue weighted by Crippen LogP contribution is -1.89. The molecule has 0 saturated heterocycles. The van der Waals surface area contributed by atoms with Gasteiger partial charge in [0.05, 0.1) is 11.8 Å². The van der Waals surface area contributed by atoms with Crippen molar-refractivity contribution in [2.45, 2.75) is 0 Å². The van der Waals surface area contributed by atoms with Gasteiger partial charge in [-0.3, -0.25) is 4.98 Å². The van der Waals surface area contributed by atoms with Gasteiger partial charge in [-0.05, 0) is 18.2 Å². The van der Waals surface area contributed by atoms with E-state index in [0.717, 1.165) is 0 Å². The zero-order chi connectivity index (χ0) is 11.8. The molecule has 0 radical (unpaired) electrons. The zero-order valence-electron chi connectivity index (χ0n) is 8.72. The van der Waals surface area contributed by atoms with E-state index < -0.39 is 0 Å². The number of hydrogen-bond acceptors (Lipinski definition) is 4. The minimum absolute atomic E-state index is 0.452. The van der Waals surface area contributed by atoms with Crippen LogP contribution < -0.4 is 5.73 Å². The van der Waals surface area contributed by atoms with Crippen LogP contribution in [0.4, 0.5) is 5.69 Å². The van der Waals surface area contributed by atoms with Gasteiger partial charge in [0.25, 0.3) is 0 Å². The Hall–Kier alpha value is -2.07. The first-order valence-electron chi connectivity index (χ1n) is 5.00. The van der Waals surface area contributed by atoms with Crippen LogP contribution in [0.3, 0.4) is 0 Å². The molecule has 2 heterocycles. The second kappa shape index (κ2) is 3.75. The Balaban J connectivity index is 2.23. The summed E-state index contributed by atoms with van der Waals surface area (Å²) in [4.78, 5) is 8.30. The largest absolute Gasteiger partial charge is 0.436 e. The number of aromatic nitrogens is 2. The van der Waals surface area contributed by atoms with E-state index in [-0.39, 0.29) is 0 Å². The van der Waals surface area contributed by atoms with Crippen molar-refractivity contribution >= 4 is 28.4 Å². The zero-order valence-corrected chi connectivity index (χ0v) is 9.48. The van der Waals surface area contributed by atoms with E-state index in [0.29, 0.717) is 33.3 Å². The smallest absolute Gasteiger partial charge is 0.229 e. The van der Waals surface area contributed by atoms with Crippen LogP contribution in [0.1, 0.15) is 0 Å². The number of oxazole rings is 1. The fourth-order valence-electron chi connectivity index (χ4n) is 1.61. The number of anilines is 1. The van der Waals surface area contributed by atoms with E-state index in [4.69, 9.17) is 21.8 Å². The monoisotopic (exact) mass is 245 g/mol. The van der Waals surface area contributed by atoms with Crippen LogP contribution >= 0.6 is 11.6 Å². The highest BCUT2D eigenvalue weighted by Crippen LogP contribution is 2.30. The summed E-state index contributed by atoms with van der Waals surface area (Å²) in [6.45, 7) is 0. The fraction of sp³-hybridized carbons (Fsp3) is 0. The summed E-state index contributed by atoms with van der Waals surface area (Å²) in [5.74, 6) is 0.452. The van der Waals surface area contributed by atoms with Gasteiger partial charge in [-0.15, -0.1) is 0 Å². The average Bonchev–Trinajstić information content (AvgIpc) is 2.75. The summed E-state index contributed by atoms with van der Waals surface area (Å²) < 4.78 is 5.60. The number of nitrogen functional groups attached to an aromatic ring is 1. The molecule has 2 N–H and O–H groups in total. The molecule has 4 nitrogen and oxygen atoms in total. The standard InChI is InChI=1S/C12H8ClN3O/c13-7-1-2-9(14)8(5-7)12-16-10-6-15-4-3-11(10)17-12/h1-6H,14H2. The number of benzene rings is 1. The lowest BCUT2D eigenvalue weighted by atomic mass is 10.2. The average molecular weight is 246 g/mol. The third-order valence-electron chi connectivity index (χ3n) is 2.44. The van der Waals surface area contributed by atoms with Crippen molar-refractivity contribution in [3.8, 4) is 11.5 Å². The predicted octanol–water partition coefficient (Wildman–Crippen LogP) is 3.13. The van der Waals surface area contributed by atoms with E-state index in [2.05, 4.69) is 9.97 Å². The number of hydrogen-bond donors (Lipinski definition) is 1. The molecule has 3 aromatic rings. The molecule has 0 atom stereocenters. The first-order chi connectivity index (χ1) is 8.24. The minimum atomic E-state index is 0.452. The van der Waals surface area contributed by atoms with Crippen LogP contribution in [-0.4, -0.2) is 9.97 Å². The lowest BCUT2D eigenvalue weighted by molar-refractivity contribution is 0.620. The first kappa shape index (κ1) is 10.1. The molecular formula is C12H8ClN3O. The van der Waals surface area contributed by atoms with Crippen LogP contribution in [0, 0.1) is 0 Å². The summed E-state index contributed by atoms with van der Waals surface area (Å²) >= 11 is 5.93. The first-order valence-corrected chi connectivity index (χ1v) is 5.38. The summed E-state index contributed by atoms with van der Waals surface area (Å²) in [7, 11) is 0. The second-order valence-corrected chi connectivity index (χ2v) is 4.03. The molecule has 0 aliphatic carbocycles. The van der Waals surface area contributed by atoms with Crippen molar-refractivity contribution in [3.05, 3.63) is 41.7 Å². The highest BCUT2D eigenvalue weighted by atomic mass is 35.5. The van der Waals surface area contributed by atoms with Gasteiger partial charge >= 0.3 is 0 Å². The van der Waals surface area contributed by atoms with Crippen molar-refractivity contribution in [2.24, 2.45) is 0 Å². The van der Waals surface area contributed by atoms with E-state index >= 15 is 0 Å². The Morgan fingerprint density at radius 1 is 1.24 bits per heavy atom. The highest BCUT2D eigenvalue weighted by molar-refractivity contribution is 6.31. The number of fused-ring (bicyclic) bond motifs is 1. The Kier molecular flexibility index (Phi) is 2.23. The van der Waals surface area contributed by atoms with E-state index in [1.54, 1.807) is 36.7 Å². The number of rotatable bonds is 1. The second-order valence-electron chi connectivity index (χ2n) is 3.59. The molecule has 0 unspecified atom stereocenters. The molecule has 0 aliphatic rings. The lowest BCUT2D eigenvalue weighted by Gasteiger charge is -2.00. The maximum Gasteiger partial charge on any atom is 0.229 e. The molecule has 3 rings (SSSR count). The molecule has 0 bridgehead atoms. The van der Waals surface area contributed by atoms with Crippen molar-refractivity contribution < 1.29 is 4.42 Å². The highest BCUT2D eigenvalue weighted by Gasteiger charge is 2.11. The molecule has 0 saturated carbocycles. The fourth-order valence-corrected chi connectivity index (χ4v) is 1.78. The quantitative estimate of drug-likeness (QED) is 0.669. The molecule has 17 heavy (non-hydrogen) atoms. The van der Waals surface area contributed by atoms with Gasteiger partial charge in [-0.1, -0.05) is 11.6 Å².